The van der Waals surface area contributed by atoms with E-state index in [9.17, 15) is 13.6 Å². The Bertz CT molecular complexity index is 552. The largest absolute Gasteiger partial charge is 0.459 e. The Morgan fingerprint density at radius 2 is 1.70 bits per heavy atom. The molecule has 0 atom stereocenters. The Balaban J connectivity index is 1.85. The molecule has 0 spiro atoms. The number of alkyl halides is 2. The molecule has 3 saturated carbocycles. The van der Waals surface area contributed by atoms with E-state index < -0.39 is 28.3 Å². The van der Waals surface area contributed by atoms with Gasteiger partial charge in [-0.1, -0.05) is 30.3 Å². The van der Waals surface area contributed by atoms with E-state index in [0.29, 0.717) is 5.56 Å². The highest BCUT2D eigenvalue weighted by molar-refractivity contribution is 5.85. The molecule has 3 aliphatic carbocycles. The zero-order chi connectivity index (χ0) is 14.8. The normalized spacial score (nSPS) is 33.9. The zero-order valence-electron chi connectivity index (χ0n) is 11.9. The molecule has 0 N–H and O–H groups in total. The summed E-state index contributed by atoms with van der Waals surface area (Å²) >= 11 is 0. The van der Waals surface area contributed by atoms with Gasteiger partial charge in [-0.2, -0.15) is 0 Å². The lowest BCUT2D eigenvalue weighted by molar-refractivity contribution is -0.360. The van der Waals surface area contributed by atoms with Crippen molar-refractivity contribution in [2.24, 2.45) is 5.41 Å². The predicted molar refractivity (Wildman–Crippen MR) is 70.6 cm³/mol. The van der Waals surface area contributed by atoms with Crippen LogP contribution in [0.5, 0.6) is 0 Å². The maximum Gasteiger partial charge on any atom is 0.318 e. The van der Waals surface area contributed by atoms with Gasteiger partial charge in [0.25, 0.3) is 5.92 Å². The highest BCUT2D eigenvalue weighted by atomic mass is 19.3. The van der Waals surface area contributed by atoms with Gasteiger partial charge in [0, 0.05) is 0 Å². The molecule has 4 rings (SSSR count). The first-order valence-electron chi connectivity index (χ1n) is 6.82. The van der Waals surface area contributed by atoms with Crippen molar-refractivity contribution in [1.29, 1.82) is 0 Å². The average molecular weight is 280 g/mol. The molecule has 20 heavy (non-hydrogen) atoms. The first-order chi connectivity index (χ1) is 9.15. The molecule has 0 aliphatic heterocycles. The molecule has 3 fully saturated rings. The van der Waals surface area contributed by atoms with Crippen molar-refractivity contribution in [2.75, 3.05) is 0 Å². The van der Waals surface area contributed by atoms with Crippen molar-refractivity contribution < 1.29 is 18.3 Å². The summed E-state index contributed by atoms with van der Waals surface area (Å²) in [7, 11) is 0. The van der Waals surface area contributed by atoms with Crippen LogP contribution < -0.4 is 0 Å². The maximum atomic E-state index is 14.5. The Hall–Kier alpha value is -1.45. The standard InChI is InChI=1S/C16H18F2O2/c1-13(2,3)20-12(19)15-9-14(10-15,16(15,17)18)11-7-5-4-6-8-11/h4-8H,9-10H2,1-3H3. The Labute approximate surface area is 117 Å². The number of rotatable bonds is 2. The molecule has 1 aromatic carbocycles. The summed E-state index contributed by atoms with van der Waals surface area (Å²) in [6.45, 7) is 5.09. The second kappa shape index (κ2) is 3.60. The van der Waals surface area contributed by atoms with Crippen LogP contribution in [0.1, 0.15) is 39.2 Å². The Kier molecular flexibility index (Phi) is 2.43. The SMILES string of the molecule is CC(C)(C)OC(=O)C12CC(c3ccccc3)(C1)C2(F)F. The Morgan fingerprint density at radius 3 is 2.15 bits per heavy atom. The summed E-state index contributed by atoms with van der Waals surface area (Å²) in [4.78, 5) is 12.1. The molecule has 0 unspecified atom stereocenters. The molecule has 4 heteroatoms. The third kappa shape index (κ3) is 1.40. The van der Waals surface area contributed by atoms with Gasteiger partial charge in [-0.05, 0) is 39.2 Å². The van der Waals surface area contributed by atoms with Gasteiger partial charge in [-0.25, -0.2) is 8.78 Å². The van der Waals surface area contributed by atoms with Crippen molar-refractivity contribution in [3.8, 4) is 0 Å². The third-order valence-corrected chi connectivity index (χ3v) is 4.53. The molecule has 0 amide bonds. The summed E-state index contributed by atoms with van der Waals surface area (Å²) in [5, 5.41) is 0. The minimum Gasteiger partial charge on any atom is -0.459 e. The summed E-state index contributed by atoms with van der Waals surface area (Å²) in [5.74, 6) is -3.77. The highest BCUT2D eigenvalue weighted by Gasteiger charge is 2.92. The van der Waals surface area contributed by atoms with Crippen LogP contribution >= 0.6 is 0 Å². The molecule has 2 bridgehead atoms. The molecule has 0 saturated heterocycles. The van der Waals surface area contributed by atoms with Crippen molar-refractivity contribution in [3.63, 3.8) is 0 Å². The number of carbonyl (C=O) groups excluding carboxylic acids is 1. The van der Waals surface area contributed by atoms with Crippen LogP contribution in [0, 0.1) is 5.41 Å². The minimum absolute atomic E-state index is 0.186. The Morgan fingerprint density at radius 1 is 1.15 bits per heavy atom. The van der Waals surface area contributed by atoms with Crippen LogP contribution in [0.3, 0.4) is 0 Å². The quantitative estimate of drug-likeness (QED) is 0.772. The van der Waals surface area contributed by atoms with Crippen molar-refractivity contribution in [1.82, 2.24) is 0 Å². The van der Waals surface area contributed by atoms with Crippen LogP contribution in [0.25, 0.3) is 0 Å². The van der Waals surface area contributed by atoms with E-state index in [1.165, 1.54) is 0 Å². The number of benzene rings is 1. The van der Waals surface area contributed by atoms with E-state index in [-0.39, 0.29) is 12.8 Å². The van der Waals surface area contributed by atoms with E-state index in [1.807, 2.05) is 0 Å². The van der Waals surface area contributed by atoms with E-state index in [1.54, 1.807) is 51.1 Å². The molecular weight excluding hydrogens is 262 g/mol. The molecule has 1 aromatic rings. The topological polar surface area (TPSA) is 26.3 Å². The van der Waals surface area contributed by atoms with Gasteiger partial charge in [-0.3, -0.25) is 4.79 Å². The fraction of sp³-hybridized carbons (Fsp3) is 0.562. The molecule has 0 radical (unpaired) electrons. The second-order valence-corrected chi connectivity index (χ2v) is 6.96. The molecule has 2 nitrogen and oxygen atoms in total. The summed E-state index contributed by atoms with van der Waals surface area (Å²) < 4.78 is 34.2. The lowest BCUT2D eigenvalue weighted by Crippen LogP contribution is -2.84. The van der Waals surface area contributed by atoms with Crippen molar-refractivity contribution in [2.45, 2.75) is 50.6 Å². The van der Waals surface area contributed by atoms with Gasteiger partial charge in [0.15, 0.2) is 0 Å². The fourth-order valence-electron chi connectivity index (χ4n) is 3.46. The minimum atomic E-state index is -3.01. The van der Waals surface area contributed by atoms with E-state index in [0.717, 1.165) is 0 Å². The van der Waals surface area contributed by atoms with Gasteiger partial charge >= 0.3 is 5.97 Å². The first-order valence-corrected chi connectivity index (χ1v) is 6.82. The number of esters is 1. The highest BCUT2D eigenvalue weighted by Crippen LogP contribution is 2.82. The average Bonchev–Trinajstić information content (AvgIpc) is 2.26. The fourth-order valence-corrected chi connectivity index (χ4v) is 3.46. The van der Waals surface area contributed by atoms with E-state index in [4.69, 9.17) is 4.74 Å². The van der Waals surface area contributed by atoms with Crippen molar-refractivity contribution in [3.05, 3.63) is 35.9 Å². The maximum absolute atomic E-state index is 14.5. The van der Waals surface area contributed by atoms with Crippen molar-refractivity contribution >= 4 is 5.97 Å². The van der Waals surface area contributed by atoms with Crippen LogP contribution in [0.2, 0.25) is 0 Å². The summed E-state index contributed by atoms with van der Waals surface area (Å²) in [6, 6.07) is 8.74. The lowest BCUT2D eigenvalue weighted by Gasteiger charge is -2.73. The molecule has 3 aliphatic rings. The number of hydrogen-bond donors (Lipinski definition) is 0. The van der Waals surface area contributed by atoms with Gasteiger partial charge in [-0.15, -0.1) is 0 Å². The van der Waals surface area contributed by atoms with Gasteiger partial charge in [0.05, 0.1) is 5.41 Å². The number of carbonyl (C=O) groups is 1. The van der Waals surface area contributed by atoms with Crippen LogP contribution in [0.15, 0.2) is 30.3 Å². The number of halogens is 2. The third-order valence-electron chi connectivity index (χ3n) is 4.53. The summed E-state index contributed by atoms with van der Waals surface area (Å²) in [6.07, 6.45) is 0.373. The van der Waals surface area contributed by atoms with Gasteiger partial charge in [0.2, 0.25) is 0 Å². The zero-order valence-corrected chi connectivity index (χ0v) is 11.9. The molecule has 0 aromatic heterocycles. The first kappa shape index (κ1) is 13.5. The number of hydrogen-bond acceptors (Lipinski definition) is 2. The summed E-state index contributed by atoms with van der Waals surface area (Å²) in [5.41, 5.74) is -2.88. The second-order valence-electron chi connectivity index (χ2n) is 6.96. The molecule has 108 valence electrons. The molecule has 0 heterocycles. The lowest BCUT2D eigenvalue weighted by atomic mass is 9.30. The van der Waals surface area contributed by atoms with E-state index >= 15 is 0 Å². The van der Waals surface area contributed by atoms with Crippen LogP contribution in [-0.4, -0.2) is 17.5 Å². The van der Waals surface area contributed by atoms with Crippen LogP contribution in [0.4, 0.5) is 8.78 Å². The predicted octanol–water partition coefficient (Wildman–Crippen LogP) is 3.70. The monoisotopic (exact) mass is 280 g/mol. The van der Waals surface area contributed by atoms with E-state index in [2.05, 4.69) is 0 Å². The van der Waals surface area contributed by atoms with Crippen LogP contribution in [-0.2, 0) is 14.9 Å². The smallest absolute Gasteiger partial charge is 0.318 e. The number of ether oxygens (including phenoxy) is 1. The van der Waals surface area contributed by atoms with Gasteiger partial charge in [0.1, 0.15) is 11.0 Å². The van der Waals surface area contributed by atoms with Gasteiger partial charge < -0.3 is 4.74 Å². The molecular formula is C16H18F2O2.